The Morgan fingerprint density at radius 2 is 2.15 bits per heavy atom. The van der Waals surface area contributed by atoms with Crippen molar-refractivity contribution in [1.82, 2.24) is 15.1 Å². The van der Waals surface area contributed by atoms with Crippen molar-refractivity contribution in [3.63, 3.8) is 0 Å². The molecule has 2 N–H and O–H groups in total. The molecule has 5 heteroatoms. The van der Waals surface area contributed by atoms with E-state index in [1.165, 1.54) is 0 Å². The molecule has 0 saturated heterocycles. The largest absolute Gasteiger partial charge is 0.339 e. The molecule has 0 aliphatic heterocycles. The van der Waals surface area contributed by atoms with Crippen LogP contribution in [0.2, 0.25) is 0 Å². The first-order chi connectivity index (χ1) is 9.81. The Labute approximate surface area is 115 Å². The molecule has 1 aromatic carbocycles. The Kier molecular flexibility index (Phi) is 2.53. The third-order valence-electron chi connectivity index (χ3n) is 3.65. The van der Waals surface area contributed by atoms with Gasteiger partial charge in [0.25, 0.3) is 0 Å². The molecule has 0 amide bonds. The first kappa shape index (κ1) is 11.5. The molecular formula is C15H14N4O. The molecular weight excluding hydrogens is 252 g/mol. The van der Waals surface area contributed by atoms with Crippen LogP contribution in [0.4, 0.5) is 0 Å². The number of hydrogen-bond acceptors (Lipinski definition) is 5. The maximum absolute atomic E-state index is 6.24. The molecule has 1 saturated carbocycles. The Balaban J connectivity index is 1.69. The fraction of sp³-hybridized carbons (Fsp3) is 0.267. The van der Waals surface area contributed by atoms with Gasteiger partial charge in [0.15, 0.2) is 5.82 Å². The third-order valence-corrected chi connectivity index (χ3v) is 3.65. The first-order valence-corrected chi connectivity index (χ1v) is 6.75. The van der Waals surface area contributed by atoms with E-state index in [1.54, 1.807) is 6.20 Å². The second-order valence-electron chi connectivity index (χ2n) is 5.20. The van der Waals surface area contributed by atoms with Crippen molar-refractivity contribution in [3.05, 3.63) is 53.8 Å². The summed E-state index contributed by atoms with van der Waals surface area (Å²) in [5, 5.41) is 5.07. The average Bonchev–Trinajstić information content (AvgIpc) is 3.23. The van der Waals surface area contributed by atoms with Crippen molar-refractivity contribution in [1.29, 1.82) is 0 Å². The summed E-state index contributed by atoms with van der Waals surface area (Å²) in [6.45, 7) is 0. The van der Waals surface area contributed by atoms with Crippen molar-refractivity contribution in [2.75, 3.05) is 0 Å². The summed E-state index contributed by atoms with van der Waals surface area (Å²) in [6.07, 6.45) is 4.06. The molecule has 4 rings (SSSR count). The van der Waals surface area contributed by atoms with Gasteiger partial charge in [0.05, 0.1) is 11.6 Å². The summed E-state index contributed by atoms with van der Waals surface area (Å²) >= 11 is 0. The minimum Gasteiger partial charge on any atom is -0.339 e. The number of hydrogen-bond donors (Lipinski definition) is 1. The molecule has 1 aliphatic carbocycles. The maximum atomic E-state index is 6.24. The van der Waals surface area contributed by atoms with Crippen LogP contribution in [-0.4, -0.2) is 15.1 Å². The van der Waals surface area contributed by atoms with Crippen LogP contribution in [0.5, 0.6) is 0 Å². The predicted molar refractivity (Wildman–Crippen MR) is 74.0 cm³/mol. The minimum absolute atomic E-state index is 0.365. The highest BCUT2D eigenvalue weighted by Crippen LogP contribution is 2.39. The van der Waals surface area contributed by atoms with Crippen LogP contribution >= 0.6 is 0 Å². The van der Waals surface area contributed by atoms with Crippen molar-refractivity contribution < 1.29 is 4.52 Å². The molecule has 1 unspecified atom stereocenters. The lowest BCUT2D eigenvalue weighted by molar-refractivity contribution is 0.372. The normalized spacial score (nSPS) is 16.4. The molecule has 0 spiro atoms. The molecule has 1 fully saturated rings. The van der Waals surface area contributed by atoms with E-state index < -0.39 is 0 Å². The Bertz CT molecular complexity index is 763. The average molecular weight is 266 g/mol. The van der Waals surface area contributed by atoms with Crippen LogP contribution in [0.3, 0.4) is 0 Å². The number of rotatable bonds is 3. The van der Waals surface area contributed by atoms with Gasteiger partial charge in [-0.15, -0.1) is 0 Å². The summed E-state index contributed by atoms with van der Waals surface area (Å²) in [4.78, 5) is 8.71. The van der Waals surface area contributed by atoms with Crippen LogP contribution in [0.25, 0.3) is 10.9 Å². The Hall–Kier alpha value is -2.27. The van der Waals surface area contributed by atoms with E-state index in [0.717, 1.165) is 35.2 Å². The molecule has 2 aromatic heterocycles. The van der Waals surface area contributed by atoms with E-state index in [-0.39, 0.29) is 6.04 Å². The number of aromatic nitrogens is 3. The summed E-state index contributed by atoms with van der Waals surface area (Å²) in [5.41, 5.74) is 8.16. The Morgan fingerprint density at radius 1 is 1.25 bits per heavy atom. The zero-order valence-corrected chi connectivity index (χ0v) is 10.9. The minimum atomic E-state index is -0.365. The maximum Gasteiger partial charge on any atom is 0.229 e. The van der Waals surface area contributed by atoms with Crippen molar-refractivity contribution in [2.45, 2.75) is 24.8 Å². The van der Waals surface area contributed by atoms with E-state index in [4.69, 9.17) is 10.3 Å². The summed E-state index contributed by atoms with van der Waals surface area (Å²) in [6, 6.07) is 9.53. The van der Waals surface area contributed by atoms with Gasteiger partial charge in [0.2, 0.25) is 5.89 Å². The summed E-state index contributed by atoms with van der Waals surface area (Å²) in [5.74, 6) is 1.72. The lowest BCUT2D eigenvalue weighted by atomic mass is 10.0. The van der Waals surface area contributed by atoms with E-state index in [0.29, 0.717) is 11.7 Å². The van der Waals surface area contributed by atoms with Crippen LogP contribution < -0.4 is 5.73 Å². The van der Waals surface area contributed by atoms with Gasteiger partial charge in [-0.2, -0.15) is 4.98 Å². The fourth-order valence-corrected chi connectivity index (χ4v) is 2.31. The lowest BCUT2D eigenvalue weighted by Crippen LogP contribution is -2.13. The van der Waals surface area contributed by atoms with Gasteiger partial charge < -0.3 is 10.3 Å². The van der Waals surface area contributed by atoms with E-state index in [1.807, 2.05) is 30.3 Å². The molecule has 2 heterocycles. The van der Waals surface area contributed by atoms with Gasteiger partial charge in [-0.3, -0.25) is 4.98 Å². The van der Waals surface area contributed by atoms with Crippen LogP contribution in [-0.2, 0) is 0 Å². The van der Waals surface area contributed by atoms with Gasteiger partial charge in [-0.25, -0.2) is 0 Å². The monoisotopic (exact) mass is 266 g/mol. The number of nitrogens with zero attached hydrogens (tertiary/aromatic N) is 3. The Morgan fingerprint density at radius 3 is 3.00 bits per heavy atom. The van der Waals surface area contributed by atoms with Crippen LogP contribution in [0.1, 0.15) is 42.1 Å². The number of benzene rings is 1. The van der Waals surface area contributed by atoms with E-state index in [9.17, 15) is 0 Å². The van der Waals surface area contributed by atoms with Crippen molar-refractivity contribution >= 4 is 10.9 Å². The number of pyridine rings is 1. The third kappa shape index (κ3) is 1.96. The van der Waals surface area contributed by atoms with Gasteiger partial charge in [-0.1, -0.05) is 17.3 Å². The molecule has 0 bridgehead atoms. The zero-order chi connectivity index (χ0) is 13.5. The topological polar surface area (TPSA) is 77.8 Å². The molecule has 1 atom stereocenters. The summed E-state index contributed by atoms with van der Waals surface area (Å²) < 4.78 is 5.27. The SMILES string of the molecule is NC(c1ccc2ncccc2c1)c1noc(C2CC2)n1. The summed E-state index contributed by atoms with van der Waals surface area (Å²) in [7, 11) is 0. The number of fused-ring (bicyclic) bond motifs is 1. The van der Waals surface area contributed by atoms with Crippen molar-refractivity contribution in [2.24, 2.45) is 5.73 Å². The zero-order valence-electron chi connectivity index (χ0n) is 10.9. The van der Waals surface area contributed by atoms with Gasteiger partial charge in [0.1, 0.15) is 0 Å². The van der Waals surface area contributed by atoms with Gasteiger partial charge in [0, 0.05) is 17.5 Å². The van der Waals surface area contributed by atoms with Gasteiger partial charge in [-0.05, 0) is 36.6 Å². The quantitative estimate of drug-likeness (QED) is 0.788. The molecule has 0 radical (unpaired) electrons. The molecule has 3 aromatic rings. The highest BCUT2D eigenvalue weighted by atomic mass is 16.5. The second-order valence-corrected chi connectivity index (χ2v) is 5.20. The van der Waals surface area contributed by atoms with E-state index in [2.05, 4.69) is 15.1 Å². The van der Waals surface area contributed by atoms with Crippen molar-refractivity contribution in [3.8, 4) is 0 Å². The van der Waals surface area contributed by atoms with E-state index >= 15 is 0 Å². The number of nitrogens with two attached hydrogens (primary N) is 1. The smallest absolute Gasteiger partial charge is 0.229 e. The second kappa shape index (κ2) is 4.38. The highest BCUT2D eigenvalue weighted by molar-refractivity contribution is 5.79. The fourth-order valence-electron chi connectivity index (χ4n) is 2.31. The predicted octanol–water partition coefficient (Wildman–Crippen LogP) is 2.54. The van der Waals surface area contributed by atoms with Gasteiger partial charge >= 0.3 is 0 Å². The highest BCUT2D eigenvalue weighted by Gasteiger charge is 2.30. The molecule has 100 valence electrons. The molecule has 20 heavy (non-hydrogen) atoms. The lowest BCUT2D eigenvalue weighted by Gasteiger charge is -2.08. The van der Waals surface area contributed by atoms with Crippen LogP contribution in [0.15, 0.2) is 41.1 Å². The first-order valence-electron chi connectivity index (χ1n) is 6.75. The standard InChI is InChI=1S/C15H14N4O/c16-13(14-18-15(20-19-14)9-3-4-9)11-5-6-12-10(8-11)2-1-7-17-12/h1-2,5-9,13H,3-4,16H2. The van der Waals surface area contributed by atoms with Crippen LogP contribution in [0, 0.1) is 0 Å². The molecule has 1 aliphatic rings. The molecule has 5 nitrogen and oxygen atoms in total.